The summed E-state index contributed by atoms with van der Waals surface area (Å²) < 4.78 is 43.8. The van der Waals surface area contributed by atoms with Crippen molar-refractivity contribution in [2.24, 2.45) is 0 Å². The van der Waals surface area contributed by atoms with E-state index in [9.17, 15) is 13.2 Å². The van der Waals surface area contributed by atoms with E-state index >= 15 is 0 Å². The van der Waals surface area contributed by atoms with Gasteiger partial charge in [-0.05, 0) is 55.2 Å². The SMILES string of the molecule is COc1ccc(CCNC(=O)COc2ccc(S(=O)(=O)NC3CCCC3)cc2Cl)cc1OC. The van der Waals surface area contributed by atoms with Crippen molar-refractivity contribution in [1.29, 1.82) is 0 Å². The third kappa shape index (κ3) is 6.99. The highest BCUT2D eigenvalue weighted by molar-refractivity contribution is 7.89. The van der Waals surface area contributed by atoms with Crippen molar-refractivity contribution >= 4 is 27.5 Å². The first-order valence-corrected chi connectivity index (χ1v) is 12.6. The zero-order valence-electron chi connectivity index (χ0n) is 18.7. The summed E-state index contributed by atoms with van der Waals surface area (Å²) in [7, 11) is -0.506. The minimum atomic E-state index is -3.65. The molecule has 2 aromatic carbocycles. The quantitative estimate of drug-likeness (QED) is 0.494. The molecule has 0 bridgehead atoms. The highest BCUT2D eigenvalue weighted by atomic mass is 35.5. The van der Waals surface area contributed by atoms with Crippen LogP contribution < -0.4 is 24.2 Å². The van der Waals surface area contributed by atoms with Gasteiger partial charge in [0.15, 0.2) is 18.1 Å². The van der Waals surface area contributed by atoms with E-state index in [2.05, 4.69) is 10.0 Å². The molecule has 0 heterocycles. The molecule has 0 unspecified atom stereocenters. The zero-order valence-corrected chi connectivity index (χ0v) is 20.3. The lowest BCUT2D eigenvalue weighted by atomic mass is 10.1. The van der Waals surface area contributed by atoms with Gasteiger partial charge in [-0.25, -0.2) is 13.1 Å². The van der Waals surface area contributed by atoms with Gasteiger partial charge < -0.3 is 19.5 Å². The lowest BCUT2D eigenvalue weighted by molar-refractivity contribution is -0.123. The summed E-state index contributed by atoms with van der Waals surface area (Å²) in [6.07, 6.45) is 4.34. The number of halogens is 1. The Morgan fingerprint density at radius 1 is 1.03 bits per heavy atom. The second-order valence-electron chi connectivity index (χ2n) is 7.77. The molecule has 0 spiro atoms. The molecule has 0 saturated heterocycles. The molecular weight excluding hydrogens is 468 g/mol. The lowest BCUT2D eigenvalue weighted by Gasteiger charge is -2.14. The largest absolute Gasteiger partial charge is 0.493 e. The van der Waals surface area contributed by atoms with Gasteiger partial charge in [0, 0.05) is 12.6 Å². The van der Waals surface area contributed by atoms with Crippen LogP contribution in [0.15, 0.2) is 41.3 Å². The number of ether oxygens (including phenoxy) is 3. The summed E-state index contributed by atoms with van der Waals surface area (Å²) in [6, 6.07) is 9.76. The predicted octanol–water partition coefficient (Wildman–Crippen LogP) is 3.32. The summed E-state index contributed by atoms with van der Waals surface area (Å²) in [4.78, 5) is 12.2. The molecule has 2 N–H and O–H groups in total. The monoisotopic (exact) mass is 496 g/mol. The predicted molar refractivity (Wildman–Crippen MR) is 126 cm³/mol. The van der Waals surface area contributed by atoms with Crippen LogP contribution in [0.4, 0.5) is 0 Å². The van der Waals surface area contributed by atoms with Crippen molar-refractivity contribution in [3.05, 3.63) is 47.0 Å². The first-order chi connectivity index (χ1) is 15.8. The Morgan fingerprint density at radius 2 is 1.73 bits per heavy atom. The number of hydrogen-bond acceptors (Lipinski definition) is 6. The van der Waals surface area contributed by atoms with E-state index in [-0.39, 0.29) is 34.2 Å². The van der Waals surface area contributed by atoms with Crippen molar-refractivity contribution in [3.8, 4) is 17.2 Å². The van der Waals surface area contributed by atoms with Gasteiger partial charge in [-0.15, -0.1) is 0 Å². The summed E-state index contributed by atoms with van der Waals surface area (Å²) in [5, 5.41) is 2.91. The molecule has 2 aromatic rings. The van der Waals surface area contributed by atoms with Gasteiger partial charge >= 0.3 is 0 Å². The number of benzene rings is 2. The summed E-state index contributed by atoms with van der Waals surface area (Å²) in [6.45, 7) is 0.174. The van der Waals surface area contributed by atoms with Crippen LogP contribution in [0.1, 0.15) is 31.2 Å². The Labute approximate surface area is 199 Å². The standard InChI is InChI=1S/C23H29ClN2O6S/c1-30-21-9-7-16(13-22(21)31-2)11-12-25-23(27)15-32-20-10-8-18(14-19(20)24)33(28,29)26-17-5-3-4-6-17/h7-10,13-14,17,26H,3-6,11-12,15H2,1-2H3,(H,25,27). The van der Waals surface area contributed by atoms with Gasteiger partial charge in [0.25, 0.3) is 5.91 Å². The molecule has 0 radical (unpaired) electrons. The van der Waals surface area contributed by atoms with Gasteiger partial charge in [0.05, 0.1) is 24.1 Å². The highest BCUT2D eigenvalue weighted by Crippen LogP contribution is 2.29. The minimum Gasteiger partial charge on any atom is -0.493 e. The maximum absolute atomic E-state index is 12.5. The number of hydrogen-bond donors (Lipinski definition) is 2. The van der Waals surface area contributed by atoms with Crippen molar-refractivity contribution in [1.82, 2.24) is 10.0 Å². The highest BCUT2D eigenvalue weighted by Gasteiger charge is 2.23. The summed E-state index contributed by atoms with van der Waals surface area (Å²) in [5.74, 6) is 1.20. The smallest absolute Gasteiger partial charge is 0.257 e. The Balaban J connectivity index is 1.48. The third-order valence-electron chi connectivity index (χ3n) is 5.43. The molecule has 3 rings (SSSR count). The molecular formula is C23H29ClN2O6S. The Morgan fingerprint density at radius 3 is 2.39 bits per heavy atom. The van der Waals surface area contributed by atoms with E-state index in [4.69, 9.17) is 25.8 Å². The molecule has 0 aliphatic heterocycles. The van der Waals surface area contributed by atoms with E-state index in [1.165, 1.54) is 18.2 Å². The van der Waals surface area contributed by atoms with E-state index < -0.39 is 10.0 Å². The topological polar surface area (TPSA) is 103 Å². The van der Waals surface area contributed by atoms with Crippen LogP contribution in [0.2, 0.25) is 5.02 Å². The summed E-state index contributed by atoms with van der Waals surface area (Å²) in [5.41, 5.74) is 0.986. The Bertz CT molecular complexity index is 1070. The summed E-state index contributed by atoms with van der Waals surface area (Å²) >= 11 is 6.20. The van der Waals surface area contributed by atoms with Gasteiger partial charge in [-0.2, -0.15) is 0 Å². The molecule has 0 atom stereocenters. The van der Waals surface area contributed by atoms with Crippen molar-refractivity contribution in [2.75, 3.05) is 27.4 Å². The van der Waals surface area contributed by atoms with Crippen molar-refractivity contribution < 1.29 is 27.4 Å². The van der Waals surface area contributed by atoms with Crippen LogP contribution in [0.5, 0.6) is 17.2 Å². The van der Waals surface area contributed by atoms with Crippen LogP contribution in [0.25, 0.3) is 0 Å². The molecule has 1 saturated carbocycles. The second-order valence-corrected chi connectivity index (χ2v) is 9.89. The first kappa shape index (κ1) is 25.1. The van der Waals surface area contributed by atoms with Crippen LogP contribution in [0, 0.1) is 0 Å². The van der Waals surface area contributed by atoms with E-state index in [1.54, 1.807) is 14.2 Å². The number of carbonyl (C=O) groups excluding carboxylic acids is 1. The maximum Gasteiger partial charge on any atom is 0.257 e. The average molecular weight is 497 g/mol. The van der Waals surface area contributed by atoms with Crippen molar-refractivity contribution in [2.45, 2.75) is 43.0 Å². The third-order valence-corrected chi connectivity index (χ3v) is 7.25. The average Bonchev–Trinajstić information content (AvgIpc) is 3.30. The number of rotatable bonds is 11. The van der Waals surface area contributed by atoms with Gasteiger partial charge in [0.2, 0.25) is 10.0 Å². The number of carbonyl (C=O) groups is 1. The van der Waals surface area contributed by atoms with Crippen molar-refractivity contribution in [3.63, 3.8) is 0 Å². The first-order valence-electron chi connectivity index (χ1n) is 10.7. The number of sulfonamides is 1. The van der Waals surface area contributed by atoms with E-state index in [0.717, 1.165) is 31.2 Å². The van der Waals surface area contributed by atoms with Crippen LogP contribution >= 0.6 is 11.6 Å². The number of methoxy groups -OCH3 is 2. The van der Waals surface area contributed by atoms with Gasteiger partial charge in [-0.3, -0.25) is 4.79 Å². The van der Waals surface area contributed by atoms with Crippen LogP contribution in [-0.2, 0) is 21.2 Å². The second kappa shape index (κ2) is 11.6. The normalized spacial score (nSPS) is 14.2. The molecule has 33 heavy (non-hydrogen) atoms. The van der Waals surface area contributed by atoms with E-state index in [0.29, 0.717) is 24.5 Å². The van der Waals surface area contributed by atoms with Gasteiger partial charge in [0.1, 0.15) is 5.75 Å². The Kier molecular flexibility index (Phi) is 8.82. The molecule has 1 aliphatic rings. The zero-order chi connectivity index (χ0) is 23.8. The lowest BCUT2D eigenvalue weighted by Crippen LogP contribution is -2.32. The van der Waals surface area contributed by atoms with Crippen LogP contribution in [-0.4, -0.2) is 47.7 Å². The van der Waals surface area contributed by atoms with E-state index in [1.807, 2.05) is 18.2 Å². The molecule has 8 nitrogen and oxygen atoms in total. The molecule has 0 aromatic heterocycles. The molecule has 180 valence electrons. The molecule has 1 amide bonds. The fraction of sp³-hybridized carbons (Fsp3) is 0.435. The maximum atomic E-state index is 12.5. The fourth-order valence-electron chi connectivity index (χ4n) is 3.67. The Hall–Kier alpha value is -2.49. The van der Waals surface area contributed by atoms with Gasteiger partial charge in [-0.1, -0.05) is 30.5 Å². The van der Waals surface area contributed by atoms with Crippen LogP contribution in [0.3, 0.4) is 0 Å². The molecule has 1 aliphatic carbocycles. The number of amides is 1. The molecule has 10 heteroatoms. The fourth-order valence-corrected chi connectivity index (χ4v) is 5.30. The molecule has 1 fully saturated rings. The number of nitrogens with one attached hydrogen (secondary N) is 2. The minimum absolute atomic E-state index is 0.0348.